The van der Waals surface area contributed by atoms with Crippen LogP contribution < -0.4 is 15.5 Å². The lowest BCUT2D eigenvalue weighted by molar-refractivity contribution is -0.117. The molecule has 1 aliphatic rings. The molecular weight excluding hydrogens is 326 g/mol. The summed E-state index contributed by atoms with van der Waals surface area (Å²) in [7, 11) is 0. The van der Waals surface area contributed by atoms with Gasteiger partial charge in [-0.1, -0.05) is 29.3 Å². The molecule has 5 nitrogen and oxygen atoms in total. The Morgan fingerprint density at radius 1 is 1.12 bits per heavy atom. The molecule has 1 heterocycles. The lowest BCUT2D eigenvalue weighted by Crippen LogP contribution is -2.39. The Hall–Kier alpha value is -2.53. The number of carbonyl (C=O) groups is 2. The Labute approximate surface area is 145 Å². The van der Waals surface area contributed by atoms with Gasteiger partial charge >= 0.3 is 6.03 Å². The predicted molar refractivity (Wildman–Crippen MR) is 95.5 cm³/mol. The Balaban J connectivity index is 1.58. The van der Waals surface area contributed by atoms with Crippen molar-refractivity contribution in [3.8, 4) is 0 Å². The van der Waals surface area contributed by atoms with Crippen LogP contribution in [0.4, 0.5) is 16.2 Å². The number of anilines is 2. The average Bonchev–Trinajstić information content (AvgIpc) is 2.90. The molecule has 1 atom stereocenters. The number of carbonyl (C=O) groups excluding carboxylic acids is 2. The van der Waals surface area contributed by atoms with E-state index in [9.17, 15) is 9.59 Å². The molecule has 0 unspecified atom stereocenters. The van der Waals surface area contributed by atoms with Crippen molar-refractivity contribution in [2.45, 2.75) is 19.4 Å². The number of urea groups is 1. The predicted octanol–water partition coefficient (Wildman–Crippen LogP) is 3.58. The van der Waals surface area contributed by atoms with Crippen LogP contribution in [0.25, 0.3) is 0 Å². The van der Waals surface area contributed by atoms with Crippen LogP contribution in [-0.4, -0.2) is 24.5 Å². The average molecular weight is 344 g/mol. The molecule has 0 saturated carbocycles. The van der Waals surface area contributed by atoms with Crippen molar-refractivity contribution in [2.24, 2.45) is 0 Å². The van der Waals surface area contributed by atoms with E-state index in [4.69, 9.17) is 11.6 Å². The van der Waals surface area contributed by atoms with Gasteiger partial charge in [0.05, 0.1) is 6.04 Å². The van der Waals surface area contributed by atoms with Gasteiger partial charge in [-0.3, -0.25) is 4.79 Å². The number of halogens is 1. The lowest BCUT2D eigenvalue weighted by atomic mass is 10.2. The molecule has 0 radical (unpaired) electrons. The van der Waals surface area contributed by atoms with Crippen LogP contribution in [-0.2, 0) is 4.79 Å². The largest absolute Gasteiger partial charge is 0.333 e. The number of nitrogens with one attached hydrogen (secondary N) is 2. The third kappa shape index (κ3) is 3.86. The Morgan fingerprint density at radius 2 is 1.79 bits per heavy atom. The van der Waals surface area contributed by atoms with Crippen molar-refractivity contribution >= 4 is 34.9 Å². The zero-order valence-electron chi connectivity index (χ0n) is 13.3. The van der Waals surface area contributed by atoms with Crippen LogP contribution in [0.2, 0.25) is 5.02 Å². The fraction of sp³-hybridized carbons (Fsp3) is 0.222. The molecule has 124 valence electrons. The van der Waals surface area contributed by atoms with E-state index in [-0.39, 0.29) is 24.4 Å². The van der Waals surface area contributed by atoms with Gasteiger partial charge in [0, 0.05) is 29.4 Å². The molecule has 24 heavy (non-hydrogen) atoms. The minimum absolute atomic E-state index is 0.0158. The molecule has 6 heteroatoms. The second kappa shape index (κ2) is 6.93. The highest BCUT2D eigenvalue weighted by atomic mass is 35.5. The van der Waals surface area contributed by atoms with Gasteiger partial charge in [-0.05, 0) is 43.3 Å². The molecule has 1 saturated heterocycles. The topological polar surface area (TPSA) is 61.4 Å². The zero-order chi connectivity index (χ0) is 17.1. The van der Waals surface area contributed by atoms with E-state index in [1.54, 1.807) is 29.2 Å². The van der Waals surface area contributed by atoms with Crippen molar-refractivity contribution in [3.63, 3.8) is 0 Å². The highest BCUT2D eigenvalue weighted by Gasteiger charge is 2.31. The first-order valence-corrected chi connectivity index (χ1v) is 8.09. The summed E-state index contributed by atoms with van der Waals surface area (Å²) in [6, 6.07) is 14.1. The molecule has 1 fully saturated rings. The fourth-order valence-corrected chi connectivity index (χ4v) is 2.79. The Bertz CT molecular complexity index is 744. The van der Waals surface area contributed by atoms with Gasteiger partial charge in [-0.25, -0.2) is 4.79 Å². The highest BCUT2D eigenvalue weighted by molar-refractivity contribution is 6.30. The summed E-state index contributed by atoms with van der Waals surface area (Å²) in [5, 5.41) is 6.24. The second-order valence-corrected chi connectivity index (χ2v) is 6.28. The van der Waals surface area contributed by atoms with E-state index in [2.05, 4.69) is 10.6 Å². The zero-order valence-corrected chi connectivity index (χ0v) is 14.0. The van der Waals surface area contributed by atoms with Crippen LogP contribution in [0.5, 0.6) is 0 Å². The quantitative estimate of drug-likeness (QED) is 0.894. The number of aryl methyl sites for hydroxylation is 1. The highest BCUT2D eigenvalue weighted by Crippen LogP contribution is 2.23. The van der Waals surface area contributed by atoms with Crippen molar-refractivity contribution in [1.29, 1.82) is 0 Å². The van der Waals surface area contributed by atoms with Gasteiger partial charge in [0.1, 0.15) is 0 Å². The van der Waals surface area contributed by atoms with Crippen molar-refractivity contribution in [1.82, 2.24) is 5.32 Å². The van der Waals surface area contributed by atoms with Crippen LogP contribution in [0, 0.1) is 6.92 Å². The number of rotatable bonds is 3. The van der Waals surface area contributed by atoms with Gasteiger partial charge in [-0.2, -0.15) is 0 Å². The van der Waals surface area contributed by atoms with Gasteiger partial charge in [0.15, 0.2) is 0 Å². The maximum absolute atomic E-state index is 12.2. The van der Waals surface area contributed by atoms with Gasteiger partial charge in [-0.15, -0.1) is 0 Å². The SMILES string of the molecule is Cc1ccc(NC(=O)N[C@@H]2CC(=O)N(c3ccc(Cl)cc3)C2)cc1. The van der Waals surface area contributed by atoms with Gasteiger partial charge in [0.2, 0.25) is 5.91 Å². The van der Waals surface area contributed by atoms with Crippen LogP contribution in [0.15, 0.2) is 48.5 Å². The Kier molecular flexibility index (Phi) is 4.71. The lowest BCUT2D eigenvalue weighted by Gasteiger charge is -2.17. The fourth-order valence-electron chi connectivity index (χ4n) is 2.66. The summed E-state index contributed by atoms with van der Waals surface area (Å²) in [4.78, 5) is 25.9. The molecule has 0 bridgehead atoms. The molecule has 0 aliphatic carbocycles. The summed E-state index contributed by atoms with van der Waals surface area (Å²) < 4.78 is 0. The number of hydrogen-bond donors (Lipinski definition) is 2. The first kappa shape index (κ1) is 16.3. The van der Waals surface area contributed by atoms with Crippen LogP contribution in [0.3, 0.4) is 0 Å². The smallest absolute Gasteiger partial charge is 0.319 e. The second-order valence-electron chi connectivity index (χ2n) is 5.85. The van der Waals surface area contributed by atoms with Gasteiger partial charge in [0.25, 0.3) is 0 Å². The van der Waals surface area contributed by atoms with E-state index in [1.165, 1.54) is 0 Å². The first-order chi connectivity index (χ1) is 11.5. The van der Waals surface area contributed by atoms with E-state index in [1.807, 2.05) is 31.2 Å². The third-order valence-corrected chi connectivity index (χ3v) is 4.16. The number of nitrogens with zero attached hydrogens (tertiary/aromatic N) is 1. The first-order valence-electron chi connectivity index (χ1n) is 7.71. The molecule has 2 aromatic carbocycles. The Morgan fingerprint density at radius 3 is 2.46 bits per heavy atom. The molecular formula is C18H18ClN3O2. The van der Waals surface area contributed by atoms with Crippen LogP contribution in [0.1, 0.15) is 12.0 Å². The van der Waals surface area contributed by atoms with E-state index in [0.29, 0.717) is 11.6 Å². The molecule has 2 N–H and O–H groups in total. The minimum Gasteiger partial charge on any atom is -0.333 e. The summed E-state index contributed by atoms with van der Waals surface area (Å²) in [6.07, 6.45) is 0.282. The minimum atomic E-state index is -0.311. The summed E-state index contributed by atoms with van der Waals surface area (Å²) >= 11 is 5.87. The van der Waals surface area contributed by atoms with E-state index >= 15 is 0 Å². The van der Waals surface area contributed by atoms with Crippen molar-refractivity contribution in [3.05, 3.63) is 59.1 Å². The summed E-state index contributed by atoms with van der Waals surface area (Å²) in [5.74, 6) is -0.0158. The standard InChI is InChI=1S/C18H18ClN3O2/c1-12-2-6-14(7-3-12)20-18(24)21-15-10-17(23)22(11-15)16-8-4-13(19)5-9-16/h2-9,15H,10-11H2,1H3,(H2,20,21,24)/t15-/m1/s1. The molecule has 1 aliphatic heterocycles. The maximum Gasteiger partial charge on any atom is 0.319 e. The molecule has 3 amide bonds. The monoisotopic (exact) mass is 343 g/mol. The normalized spacial score (nSPS) is 17.0. The number of hydrogen-bond acceptors (Lipinski definition) is 2. The molecule has 0 spiro atoms. The number of benzene rings is 2. The summed E-state index contributed by atoms with van der Waals surface area (Å²) in [5.41, 5.74) is 2.63. The van der Waals surface area contributed by atoms with Gasteiger partial charge < -0.3 is 15.5 Å². The maximum atomic E-state index is 12.2. The molecule has 3 rings (SSSR count). The number of amides is 3. The van der Waals surface area contributed by atoms with E-state index in [0.717, 1.165) is 16.9 Å². The molecule has 2 aromatic rings. The van der Waals surface area contributed by atoms with Crippen molar-refractivity contribution < 1.29 is 9.59 Å². The van der Waals surface area contributed by atoms with Crippen LogP contribution >= 0.6 is 11.6 Å². The van der Waals surface area contributed by atoms with Crippen molar-refractivity contribution in [2.75, 3.05) is 16.8 Å². The molecule has 0 aromatic heterocycles. The summed E-state index contributed by atoms with van der Waals surface area (Å²) in [6.45, 7) is 2.43. The van der Waals surface area contributed by atoms with E-state index < -0.39 is 0 Å². The third-order valence-electron chi connectivity index (χ3n) is 3.91.